The largest absolute Gasteiger partial charge is 0.481 e. The Morgan fingerprint density at radius 3 is 2.35 bits per heavy atom. The molecular weight excluding hydrogens is 326 g/mol. The van der Waals surface area contributed by atoms with Crippen molar-refractivity contribution in [2.45, 2.75) is 25.0 Å². The first-order valence-electron chi connectivity index (χ1n) is 7.10. The number of rotatable bonds is 4. The Kier molecular flexibility index (Phi) is 3.99. The molecule has 0 aliphatic carbocycles. The normalized spacial score (nSPS) is 28.6. The van der Waals surface area contributed by atoms with Gasteiger partial charge in [0.25, 0.3) is 0 Å². The molecule has 0 spiro atoms. The molecule has 4 atom stereocenters. The highest BCUT2D eigenvalue weighted by Gasteiger charge is 2.55. The Balaban J connectivity index is 1.78. The predicted molar refractivity (Wildman–Crippen MR) is 79.6 cm³/mol. The zero-order valence-corrected chi connectivity index (χ0v) is 12.6. The lowest BCUT2D eigenvalue weighted by molar-refractivity contribution is -0.147. The van der Waals surface area contributed by atoms with E-state index in [1.165, 1.54) is 18.2 Å². The molecule has 1 amide bonds. The molecule has 2 unspecified atom stereocenters. The van der Waals surface area contributed by atoms with Crippen molar-refractivity contribution < 1.29 is 29.3 Å². The van der Waals surface area contributed by atoms with Gasteiger partial charge in [-0.25, -0.2) is 4.79 Å². The first-order valence-corrected chi connectivity index (χ1v) is 7.48. The summed E-state index contributed by atoms with van der Waals surface area (Å²) in [6.07, 6.45) is 0.483. The van der Waals surface area contributed by atoms with Gasteiger partial charge >= 0.3 is 11.9 Å². The first kappa shape index (κ1) is 15.8. The van der Waals surface area contributed by atoms with Crippen molar-refractivity contribution in [1.29, 1.82) is 0 Å². The zero-order chi connectivity index (χ0) is 16.7. The number of fused-ring (bicyclic) bond motifs is 2. The maximum Gasteiger partial charge on any atom is 0.337 e. The highest BCUT2D eigenvalue weighted by atomic mass is 35.5. The van der Waals surface area contributed by atoms with E-state index < -0.39 is 41.9 Å². The van der Waals surface area contributed by atoms with Crippen molar-refractivity contribution in [2.24, 2.45) is 11.8 Å². The molecule has 0 aromatic heterocycles. The van der Waals surface area contributed by atoms with Crippen LogP contribution in [0.3, 0.4) is 0 Å². The molecule has 7 nitrogen and oxygen atoms in total. The van der Waals surface area contributed by atoms with Gasteiger partial charge in [-0.3, -0.25) is 9.59 Å². The monoisotopic (exact) mass is 339 g/mol. The van der Waals surface area contributed by atoms with Gasteiger partial charge in [0, 0.05) is 5.69 Å². The van der Waals surface area contributed by atoms with Crippen molar-refractivity contribution in [3.63, 3.8) is 0 Å². The summed E-state index contributed by atoms with van der Waals surface area (Å²) in [5, 5.41) is 20.8. The first-order chi connectivity index (χ1) is 10.9. The van der Waals surface area contributed by atoms with E-state index in [-0.39, 0.29) is 10.6 Å². The summed E-state index contributed by atoms with van der Waals surface area (Å²) in [6, 6.07) is 4.02. The topological polar surface area (TPSA) is 113 Å². The molecule has 2 saturated heterocycles. The maximum absolute atomic E-state index is 12.4. The molecule has 3 N–H and O–H groups in total. The summed E-state index contributed by atoms with van der Waals surface area (Å²) in [5.41, 5.74) is 0.244. The number of aliphatic carboxylic acids is 1. The summed E-state index contributed by atoms with van der Waals surface area (Å²) < 4.78 is 5.55. The number of halogens is 1. The van der Waals surface area contributed by atoms with Gasteiger partial charge in [-0.2, -0.15) is 0 Å². The molecule has 122 valence electrons. The van der Waals surface area contributed by atoms with Crippen LogP contribution in [-0.4, -0.2) is 40.3 Å². The smallest absolute Gasteiger partial charge is 0.337 e. The van der Waals surface area contributed by atoms with Crippen molar-refractivity contribution in [2.75, 3.05) is 5.32 Å². The number of nitrogens with one attached hydrogen (secondary N) is 1. The van der Waals surface area contributed by atoms with Gasteiger partial charge < -0.3 is 20.3 Å². The van der Waals surface area contributed by atoms with Crippen LogP contribution in [0.2, 0.25) is 5.02 Å². The minimum absolute atomic E-state index is 0.00530. The van der Waals surface area contributed by atoms with Crippen LogP contribution in [0.4, 0.5) is 5.69 Å². The number of hydrogen-bond donors (Lipinski definition) is 3. The molecule has 0 radical (unpaired) electrons. The SMILES string of the molecule is O=C(O)c1ccc(NC(=O)C2C(C(=O)O)[C@@H]3CC[C@H]2O3)cc1Cl. The molecule has 2 heterocycles. The number of hydrogen-bond acceptors (Lipinski definition) is 4. The molecule has 3 rings (SSSR count). The van der Waals surface area contributed by atoms with E-state index in [0.29, 0.717) is 18.5 Å². The van der Waals surface area contributed by atoms with E-state index in [2.05, 4.69) is 5.32 Å². The van der Waals surface area contributed by atoms with Gasteiger partial charge in [0.15, 0.2) is 0 Å². The molecule has 2 aliphatic rings. The number of carboxylic acids is 2. The summed E-state index contributed by atoms with van der Waals surface area (Å²) in [5.74, 6) is -4.28. The van der Waals surface area contributed by atoms with Crippen molar-refractivity contribution in [3.05, 3.63) is 28.8 Å². The van der Waals surface area contributed by atoms with Crippen LogP contribution >= 0.6 is 11.6 Å². The fourth-order valence-electron chi connectivity index (χ4n) is 3.32. The van der Waals surface area contributed by atoms with Crippen LogP contribution in [0.15, 0.2) is 18.2 Å². The van der Waals surface area contributed by atoms with Gasteiger partial charge in [0.05, 0.1) is 34.6 Å². The van der Waals surface area contributed by atoms with Crippen molar-refractivity contribution >= 4 is 35.1 Å². The van der Waals surface area contributed by atoms with Gasteiger partial charge in [0.2, 0.25) is 5.91 Å². The van der Waals surface area contributed by atoms with E-state index in [1.54, 1.807) is 0 Å². The van der Waals surface area contributed by atoms with Gasteiger partial charge in [-0.1, -0.05) is 11.6 Å². The number of ether oxygens (including phenoxy) is 1. The fourth-order valence-corrected chi connectivity index (χ4v) is 3.58. The highest BCUT2D eigenvalue weighted by Crippen LogP contribution is 2.44. The molecule has 1 aromatic carbocycles. The van der Waals surface area contributed by atoms with Crippen molar-refractivity contribution in [3.8, 4) is 0 Å². The van der Waals surface area contributed by atoms with E-state index in [9.17, 15) is 19.5 Å². The maximum atomic E-state index is 12.4. The van der Waals surface area contributed by atoms with Crippen molar-refractivity contribution in [1.82, 2.24) is 0 Å². The van der Waals surface area contributed by atoms with Gasteiger partial charge in [-0.05, 0) is 31.0 Å². The van der Waals surface area contributed by atoms with Crippen LogP contribution in [0.5, 0.6) is 0 Å². The molecule has 8 heteroatoms. The molecule has 23 heavy (non-hydrogen) atoms. The van der Waals surface area contributed by atoms with E-state index >= 15 is 0 Å². The van der Waals surface area contributed by atoms with Gasteiger partial charge in [-0.15, -0.1) is 0 Å². The van der Waals surface area contributed by atoms with Crippen LogP contribution in [0.1, 0.15) is 23.2 Å². The second-order valence-electron chi connectivity index (χ2n) is 5.67. The second-order valence-corrected chi connectivity index (χ2v) is 6.08. The lowest BCUT2D eigenvalue weighted by Crippen LogP contribution is -2.40. The third-order valence-corrected chi connectivity index (χ3v) is 4.64. The van der Waals surface area contributed by atoms with E-state index in [0.717, 1.165) is 0 Å². The Morgan fingerprint density at radius 1 is 1.13 bits per heavy atom. The Hall–Kier alpha value is -2.12. The quantitative estimate of drug-likeness (QED) is 0.771. The van der Waals surface area contributed by atoms with Crippen LogP contribution in [-0.2, 0) is 14.3 Å². The number of carbonyl (C=O) groups is 3. The summed E-state index contributed by atoms with van der Waals surface area (Å²) in [4.78, 5) is 34.7. The van der Waals surface area contributed by atoms with E-state index in [4.69, 9.17) is 21.4 Å². The third-order valence-electron chi connectivity index (χ3n) is 4.33. The van der Waals surface area contributed by atoms with Crippen LogP contribution < -0.4 is 5.32 Å². The summed E-state index contributed by atoms with van der Waals surface area (Å²) in [7, 11) is 0. The Labute approximate surface area is 136 Å². The lowest BCUT2D eigenvalue weighted by Gasteiger charge is -2.23. The summed E-state index contributed by atoms with van der Waals surface area (Å²) in [6.45, 7) is 0. The zero-order valence-electron chi connectivity index (χ0n) is 11.9. The number of carboxylic acid groups (broad SMARTS) is 2. The minimum atomic E-state index is -1.17. The van der Waals surface area contributed by atoms with Crippen LogP contribution in [0.25, 0.3) is 0 Å². The van der Waals surface area contributed by atoms with Gasteiger partial charge in [0.1, 0.15) is 0 Å². The predicted octanol–water partition coefficient (Wildman–Crippen LogP) is 1.85. The minimum Gasteiger partial charge on any atom is -0.481 e. The standard InChI is InChI=1S/C15H14ClNO6/c16-8-5-6(1-2-7(8)14(19)20)17-13(18)11-9-3-4-10(23-9)12(11)15(21)22/h1-2,5,9-12H,3-4H2,(H,17,18)(H,19,20)(H,21,22)/t9-,10+,11?,12?/m1/s1. The Morgan fingerprint density at radius 2 is 1.78 bits per heavy atom. The molecule has 0 saturated carbocycles. The van der Waals surface area contributed by atoms with Crippen LogP contribution in [0, 0.1) is 11.8 Å². The summed E-state index contributed by atoms with van der Waals surface area (Å²) >= 11 is 5.86. The van der Waals surface area contributed by atoms with E-state index in [1.807, 2.05) is 0 Å². The average Bonchev–Trinajstić information content (AvgIpc) is 3.07. The molecule has 2 bridgehead atoms. The fraction of sp³-hybridized carbons (Fsp3) is 0.400. The second kappa shape index (κ2) is 5.82. The number of aromatic carboxylic acids is 1. The number of anilines is 1. The number of amides is 1. The Bertz CT molecular complexity index is 691. The third kappa shape index (κ3) is 2.77. The average molecular weight is 340 g/mol. The molecule has 1 aromatic rings. The number of carbonyl (C=O) groups excluding carboxylic acids is 1. The molecule has 2 aliphatic heterocycles. The molecule has 2 fully saturated rings. The molecular formula is C15H14ClNO6. The highest BCUT2D eigenvalue weighted by molar-refractivity contribution is 6.33. The lowest BCUT2D eigenvalue weighted by atomic mass is 9.78. The number of benzene rings is 1.